The van der Waals surface area contributed by atoms with Gasteiger partial charge in [-0.05, 0) is 11.0 Å². The van der Waals surface area contributed by atoms with Crippen molar-refractivity contribution in [1.82, 2.24) is 0 Å². The van der Waals surface area contributed by atoms with Gasteiger partial charge in [-0.3, -0.25) is 0 Å². The Morgan fingerprint density at radius 3 is 0.750 bits per heavy atom. The predicted octanol–water partition coefficient (Wildman–Crippen LogP) is -2.07. The van der Waals surface area contributed by atoms with Crippen LogP contribution in [-0.2, 0) is 11.0 Å². The van der Waals surface area contributed by atoms with E-state index in [1.165, 1.54) is 0 Å². The van der Waals surface area contributed by atoms with Crippen LogP contribution in [0.1, 0.15) is 0 Å². The van der Waals surface area contributed by atoms with E-state index >= 15 is 0 Å². The molecule has 0 rings (SSSR count). The molecule has 2 nitrogen and oxygen atoms in total. The fourth-order valence-electron chi connectivity index (χ4n) is 0. The first-order valence-electron chi connectivity index (χ1n) is 0. The summed E-state index contributed by atoms with van der Waals surface area (Å²) in [5.41, 5.74) is 0. The van der Waals surface area contributed by atoms with Gasteiger partial charge in [0.15, 0.2) is 0 Å². The van der Waals surface area contributed by atoms with Crippen LogP contribution in [0.4, 0.5) is 0 Å². The molecule has 0 atom stereocenters. The first-order valence-corrected chi connectivity index (χ1v) is 0. The summed E-state index contributed by atoms with van der Waals surface area (Å²) < 4.78 is 0. The zero-order chi connectivity index (χ0) is 0. The van der Waals surface area contributed by atoms with Crippen molar-refractivity contribution >= 4 is 34.9 Å². The van der Waals surface area contributed by atoms with E-state index < -0.39 is 0 Å². The van der Waals surface area contributed by atoms with E-state index in [1.54, 1.807) is 0 Å². The summed E-state index contributed by atoms with van der Waals surface area (Å²) in [7, 11) is 0. The second kappa shape index (κ2) is 38.7. The van der Waals surface area contributed by atoms with Gasteiger partial charge in [-0.15, -0.1) is 0 Å². The molecule has 0 saturated carbocycles. The van der Waals surface area contributed by atoms with Crippen LogP contribution >= 0.6 is 0 Å². The van der Waals surface area contributed by atoms with Crippen molar-refractivity contribution in [3.05, 3.63) is 0 Å². The second-order valence-electron chi connectivity index (χ2n) is 0. The van der Waals surface area contributed by atoms with Crippen LogP contribution in [0.2, 0.25) is 0 Å². The average Bonchev–Trinajstić information content (AvgIpc) is 0. The van der Waals surface area contributed by atoms with Gasteiger partial charge in [0.1, 0.15) is 0 Å². The quantitative estimate of drug-likeness (QED) is 0.387. The zero-order valence-corrected chi connectivity index (χ0v) is 4.17. The van der Waals surface area contributed by atoms with Gasteiger partial charge in [0.05, 0.1) is 0 Å². The third-order valence-electron chi connectivity index (χ3n) is 0. The fraction of sp³-hybridized carbons (Fsp3) is 0. The summed E-state index contributed by atoms with van der Waals surface area (Å²) in [4.78, 5) is 0. The zero-order valence-electron chi connectivity index (χ0n) is 1.32. The SMILES string of the molecule is [O-2].[O-2].[SiH4].[Sn+4]. The van der Waals surface area contributed by atoms with Gasteiger partial charge in [0.2, 0.25) is 0 Å². The van der Waals surface area contributed by atoms with Crippen molar-refractivity contribution in [3.63, 3.8) is 0 Å². The Balaban J connectivity index is 0. The van der Waals surface area contributed by atoms with Gasteiger partial charge >= 0.3 is 23.9 Å². The topological polar surface area (TPSA) is 57.0 Å². The molecule has 4 heavy (non-hydrogen) atoms. The van der Waals surface area contributed by atoms with Crippen LogP contribution in [0.15, 0.2) is 0 Å². The Morgan fingerprint density at radius 2 is 0.750 bits per heavy atom. The maximum Gasteiger partial charge on any atom is 4.00 e. The Labute approximate surface area is 46.2 Å². The Kier molecular flexibility index (Phi) is 846. The molecule has 0 aliphatic heterocycles. The summed E-state index contributed by atoms with van der Waals surface area (Å²) in [6, 6.07) is 0. The minimum absolute atomic E-state index is 0. The van der Waals surface area contributed by atoms with Crippen molar-refractivity contribution in [2.45, 2.75) is 0 Å². The van der Waals surface area contributed by atoms with Gasteiger partial charge in [0.25, 0.3) is 0 Å². The van der Waals surface area contributed by atoms with E-state index in [1.807, 2.05) is 0 Å². The van der Waals surface area contributed by atoms with Gasteiger partial charge in [-0.1, -0.05) is 0 Å². The van der Waals surface area contributed by atoms with Crippen molar-refractivity contribution in [2.75, 3.05) is 0 Å². The molecule has 0 aromatic carbocycles. The molecule has 0 aromatic rings. The summed E-state index contributed by atoms with van der Waals surface area (Å²) in [6.45, 7) is 0. The summed E-state index contributed by atoms with van der Waals surface area (Å²) in [5.74, 6) is 0. The van der Waals surface area contributed by atoms with E-state index in [-0.39, 0.29) is 45.8 Å². The smallest absolute Gasteiger partial charge is 2.00 e. The molecule has 0 radical (unpaired) electrons. The third-order valence-corrected chi connectivity index (χ3v) is 0. The molecule has 0 aliphatic carbocycles. The van der Waals surface area contributed by atoms with Gasteiger partial charge < -0.3 is 11.0 Å². The molecular formula is H4O2SiSn. The summed E-state index contributed by atoms with van der Waals surface area (Å²) in [5, 5.41) is 0. The molecule has 0 bridgehead atoms. The van der Waals surface area contributed by atoms with E-state index in [0.29, 0.717) is 0 Å². The molecule has 0 unspecified atom stereocenters. The first kappa shape index (κ1) is 87.3. The molecule has 0 aromatic heterocycles. The largest absolute Gasteiger partial charge is 4.00 e. The molecule has 0 heterocycles. The normalized spacial score (nSPS) is 0. The second-order valence-corrected chi connectivity index (χ2v) is 0. The Hall–Kier alpha value is 0.936. The minimum atomic E-state index is 0. The number of rotatable bonds is 0. The average molecular weight is 183 g/mol. The van der Waals surface area contributed by atoms with Gasteiger partial charge in [-0.2, -0.15) is 0 Å². The molecule has 0 saturated heterocycles. The summed E-state index contributed by atoms with van der Waals surface area (Å²) in [6.07, 6.45) is 0. The maximum atomic E-state index is 0. The molecule has 0 spiro atoms. The molecular weight excluding hydrogens is 179 g/mol. The maximum absolute atomic E-state index is 0. The Bertz CT molecular complexity index is 6.00. The number of hydrogen-bond donors (Lipinski definition) is 0. The number of hydrogen-bond acceptors (Lipinski definition) is 0. The first-order chi connectivity index (χ1) is 0. The van der Waals surface area contributed by atoms with E-state index in [2.05, 4.69) is 0 Å². The molecule has 0 fully saturated rings. The van der Waals surface area contributed by atoms with Crippen LogP contribution in [0.25, 0.3) is 0 Å². The minimum Gasteiger partial charge on any atom is -2.00 e. The molecule has 24 valence electrons. The van der Waals surface area contributed by atoms with Crippen LogP contribution in [0.3, 0.4) is 0 Å². The van der Waals surface area contributed by atoms with Crippen molar-refractivity contribution < 1.29 is 11.0 Å². The van der Waals surface area contributed by atoms with Crippen molar-refractivity contribution in [2.24, 2.45) is 0 Å². The molecule has 0 N–H and O–H groups in total. The van der Waals surface area contributed by atoms with Crippen LogP contribution < -0.4 is 0 Å². The summed E-state index contributed by atoms with van der Waals surface area (Å²) >= 11 is 0. The van der Waals surface area contributed by atoms with Crippen LogP contribution in [0, 0.1) is 0 Å². The van der Waals surface area contributed by atoms with Gasteiger partial charge in [-0.25, -0.2) is 0 Å². The fourth-order valence-corrected chi connectivity index (χ4v) is 0. The van der Waals surface area contributed by atoms with Crippen molar-refractivity contribution in [1.29, 1.82) is 0 Å². The van der Waals surface area contributed by atoms with Crippen LogP contribution in [0.5, 0.6) is 0 Å². The predicted molar refractivity (Wildman–Crippen MR) is 18.5 cm³/mol. The molecule has 0 amide bonds. The standard InChI is InChI=1S/2O.H4Si.Sn/h;;1H4;/q2*-2;;+4. The van der Waals surface area contributed by atoms with Crippen LogP contribution in [-0.4, -0.2) is 34.9 Å². The third kappa shape index (κ3) is 12.6. The van der Waals surface area contributed by atoms with E-state index in [4.69, 9.17) is 0 Å². The van der Waals surface area contributed by atoms with Crippen molar-refractivity contribution in [3.8, 4) is 0 Å². The van der Waals surface area contributed by atoms with E-state index in [0.717, 1.165) is 0 Å². The monoisotopic (exact) mass is 184 g/mol. The molecule has 4 heteroatoms. The van der Waals surface area contributed by atoms with E-state index in [9.17, 15) is 0 Å². The Morgan fingerprint density at radius 1 is 0.750 bits per heavy atom. The molecule has 0 aliphatic rings. The van der Waals surface area contributed by atoms with Gasteiger partial charge in [0, 0.05) is 0 Å².